The van der Waals surface area contributed by atoms with E-state index in [0.717, 1.165) is 12.3 Å². The molecule has 0 aliphatic carbocycles. The number of carbonyl (C=O) groups is 2. The number of carbonyl (C=O) groups excluding carboxylic acids is 1. The predicted octanol–water partition coefficient (Wildman–Crippen LogP) is 0.427. The summed E-state index contributed by atoms with van der Waals surface area (Å²) in [5, 5.41) is 18.7. The Hall–Kier alpha value is -2.90. The number of aliphatic carboxylic acids is 1. The van der Waals surface area contributed by atoms with Crippen molar-refractivity contribution in [2.75, 3.05) is 0 Å². The summed E-state index contributed by atoms with van der Waals surface area (Å²) in [5.41, 5.74) is 4.54. The Morgan fingerprint density at radius 2 is 1.89 bits per heavy atom. The summed E-state index contributed by atoms with van der Waals surface area (Å²) in [6.45, 7) is 0. The number of amides is 1. The monoisotopic (exact) mass is 251 g/mol. The van der Waals surface area contributed by atoms with Gasteiger partial charge in [0, 0.05) is 30.0 Å². The van der Waals surface area contributed by atoms with Gasteiger partial charge in [-0.05, 0) is 12.1 Å². The van der Waals surface area contributed by atoms with Crippen LogP contribution in [0.1, 0.15) is 10.4 Å². The van der Waals surface area contributed by atoms with Crippen molar-refractivity contribution >= 4 is 17.6 Å². The first-order chi connectivity index (χ1) is 8.50. The maximum absolute atomic E-state index is 11.4. The number of non-ortho nitro benzene ring substituents is 1. The molecule has 1 aromatic rings. The number of nitrogens with zero attached hydrogens (tertiary/aromatic N) is 1. The quantitative estimate of drug-likeness (QED) is 0.396. The lowest BCUT2D eigenvalue weighted by Gasteiger charge is -2.03. The van der Waals surface area contributed by atoms with Gasteiger partial charge in [-0.15, -0.1) is 0 Å². The van der Waals surface area contributed by atoms with Gasteiger partial charge in [-0.2, -0.15) is 0 Å². The third-order valence-corrected chi connectivity index (χ3v) is 1.84. The van der Waals surface area contributed by atoms with Gasteiger partial charge in [-0.1, -0.05) is 0 Å². The molecule has 8 heteroatoms. The number of carboxylic acid groups (broad SMARTS) is 1. The van der Waals surface area contributed by atoms with Gasteiger partial charge >= 0.3 is 5.97 Å². The highest BCUT2D eigenvalue weighted by atomic mass is 16.6. The van der Waals surface area contributed by atoms with E-state index in [-0.39, 0.29) is 11.3 Å². The van der Waals surface area contributed by atoms with Crippen LogP contribution >= 0.6 is 0 Å². The smallest absolute Gasteiger partial charge is 0.329 e. The highest BCUT2D eigenvalue weighted by Crippen LogP contribution is 2.11. The van der Waals surface area contributed by atoms with Crippen LogP contribution in [0.5, 0.6) is 0 Å². The zero-order valence-electron chi connectivity index (χ0n) is 8.99. The number of nitrogens with one attached hydrogen (secondary N) is 2. The number of nitro benzene ring substituents is 1. The average Bonchev–Trinajstić information content (AvgIpc) is 2.34. The maximum Gasteiger partial charge on any atom is 0.329 e. The minimum absolute atomic E-state index is 0.120. The minimum atomic E-state index is -1.16. The second kappa shape index (κ2) is 5.99. The first-order valence-corrected chi connectivity index (χ1v) is 4.70. The molecule has 8 nitrogen and oxygen atoms in total. The summed E-state index contributed by atoms with van der Waals surface area (Å²) in [4.78, 5) is 31.4. The summed E-state index contributed by atoms with van der Waals surface area (Å²) in [7, 11) is 0. The van der Waals surface area contributed by atoms with Gasteiger partial charge in [0.2, 0.25) is 0 Å². The Morgan fingerprint density at radius 1 is 1.28 bits per heavy atom. The van der Waals surface area contributed by atoms with Crippen molar-refractivity contribution in [1.82, 2.24) is 10.9 Å². The van der Waals surface area contributed by atoms with Crippen LogP contribution in [0.2, 0.25) is 0 Å². The largest absolute Gasteiger partial charge is 0.478 e. The Balaban J connectivity index is 2.57. The van der Waals surface area contributed by atoms with Crippen LogP contribution in [0.4, 0.5) is 5.69 Å². The number of benzene rings is 1. The standard InChI is InChI=1S/C10H9N3O5/c14-9(15)5-6-11-12-10(16)7-1-3-8(4-2-7)13(17)18/h1-6,11H,(H,12,16)(H,14,15)/b6-5+. The second-order valence-corrected chi connectivity index (χ2v) is 3.07. The van der Waals surface area contributed by atoms with Crippen LogP contribution < -0.4 is 10.9 Å². The van der Waals surface area contributed by atoms with Gasteiger partial charge in [0.15, 0.2) is 0 Å². The van der Waals surface area contributed by atoms with Crippen molar-refractivity contribution in [3.63, 3.8) is 0 Å². The van der Waals surface area contributed by atoms with Crippen molar-refractivity contribution in [3.8, 4) is 0 Å². The number of carboxylic acids is 1. The van der Waals surface area contributed by atoms with E-state index < -0.39 is 16.8 Å². The van der Waals surface area contributed by atoms with Crippen molar-refractivity contribution in [2.24, 2.45) is 0 Å². The fourth-order valence-electron chi connectivity index (χ4n) is 1.03. The summed E-state index contributed by atoms with van der Waals surface area (Å²) < 4.78 is 0. The normalized spacial score (nSPS) is 10.0. The SMILES string of the molecule is O=C(O)/C=C/NNC(=O)c1ccc([N+](=O)[O-])cc1. The average molecular weight is 251 g/mol. The molecule has 0 unspecified atom stereocenters. The lowest BCUT2D eigenvalue weighted by Crippen LogP contribution is -2.33. The molecule has 0 heterocycles. The molecule has 0 atom stereocenters. The van der Waals surface area contributed by atoms with Crippen LogP contribution in [-0.2, 0) is 4.79 Å². The number of hydrazine groups is 1. The van der Waals surface area contributed by atoms with E-state index in [0.29, 0.717) is 0 Å². The van der Waals surface area contributed by atoms with Crippen molar-refractivity contribution in [3.05, 3.63) is 52.2 Å². The molecule has 18 heavy (non-hydrogen) atoms. The number of rotatable bonds is 5. The van der Waals surface area contributed by atoms with Crippen LogP contribution in [0.3, 0.4) is 0 Å². The molecule has 0 saturated heterocycles. The predicted molar refractivity (Wildman–Crippen MR) is 60.5 cm³/mol. The number of hydrogen-bond acceptors (Lipinski definition) is 5. The third-order valence-electron chi connectivity index (χ3n) is 1.84. The molecular weight excluding hydrogens is 242 g/mol. The van der Waals surface area contributed by atoms with Crippen molar-refractivity contribution < 1.29 is 19.6 Å². The molecule has 1 rings (SSSR count). The first-order valence-electron chi connectivity index (χ1n) is 4.70. The Kier molecular flexibility index (Phi) is 4.38. The molecule has 0 radical (unpaired) electrons. The fraction of sp³-hybridized carbons (Fsp3) is 0. The van der Waals surface area contributed by atoms with Gasteiger partial charge in [0.05, 0.1) is 4.92 Å². The lowest BCUT2D eigenvalue weighted by atomic mass is 10.2. The molecule has 0 fully saturated rings. The third kappa shape index (κ3) is 3.93. The van der Waals surface area contributed by atoms with Crippen LogP contribution in [-0.4, -0.2) is 21.9 Å². The highest BCUT2D eigenvalue weighted by molar-refractivity contribution is 5.94. The van der Waals surface area contributed by atoms with Gasteiger partial charge < -0.3 is 10.5 Å². The highest BCUT2D eigenvalue weighted by Gasteiger charge is 2.08. The van der Waals surface area contributed by atoms with E-state index in [1.54, 1.807) is 0 Å². The molecule has 0 bridgehead atoms. The van der Waals surface area contributed by atoms with Gasteiger partial charge in [-0.25, -0.2) is 4.79 Å². The fourth-order valence-corrected chi connectivity index (χ4v) is 1.03. The molecule has 0 spiro atoms. The minimum Gasteiger partial charge on any atom is -0.478 e. The van der Waals surface area contributed by atoms with E-state index >= 15 is 0 Å². The van der Waals surface area contributed by atoms with Crippen molar-refractivity contribution in [1.29, 1.82) is 0 Å². The van der Waals surface area contributed by atoms with Gasteiger partial charge in [-0.3, -0.25) is 20.3 Å². The van der Waals surface area contributed by atoms with E-state index in [4.69, 9.17) is 5.11 Å². The van der Waals surface area contributed by atoms with Crippen LogP contribution in [0.15, 0.2) is 36.5 Å². The summed E-state index contributed by atoms with van der Waals surface area (Å²) in [5.74, 6) is -1.70. The summed E-state index contributed by atoms with van der Waals surface area (Å²) >= 11 is 0. The molecule has 1 amide bonds. The van der Waals surface area contributed by atoms with E-state index in [1.165, 1.54) is 24.3 Å². The lowest BCUT2D eigenvalue weighted by molar-refractivity contribution is -0.384. The molecule has 3 N–H and O–H groups in total. The zero-order valence-corrected chi connectivity index (χ0v) is 8.99. The topological polar surface area (TPSA) is 122 Å². The molecule has 94 valence electrons. The molecule has 0 aliphatic rings. The maximum atomic E-state index is 11.4. The Labute approximate surface area is 101 Å². The molecule has 0 aliphatic heterocycles. The van der Waals surface area contributed by atoms with Gasteiger partial charge in [0.25, 0.3) is 11.6 Å². The number of nitro groups is 1. The molecule has 0 aromatic heterocycles. The number of hydrogen-bond donors (Lipinski definition) is 3. The second-order valence-electron chi connectivity index (χ2n) is 3.07. The zero-order chi connectivity index (χ0) is 13.5. The first kappa shape index (κ1) is 13.2. The summed E-state index contributed by atoms with van der Waals surface area (Å²) in [6.07, 6.45) is 1.84. The van der Waals surface area contributed by atoms with Crippen LogP contribution in [0, 0.1) is 10.1 Å². The van der Waals surface area contributed by atoms with Gasteiger partial charge in [0.1, 0.15) is 0 Å². The van der Waals surface area contributed by atoms with Crippen LogP contribution in [0.25, 0.3) is 0 Å². The van der Waals surface area contributed by atoms with E-state index in [1.807, 2.05) is 0 Å². The van der Waals surface area contributed by atoms with E-state index in [2.05, 4.69) is 10.9 Å². The molecule has 1 aromatic carbocycles. The Morgan fingerprint density at radius 3 is 2.39 bits per heavy atom. The molecular formula is C10H9N3O5. The summed E-state index contributed by atoms with van der Waals surface area (Å²) in [6, 6.07) is 4.97. The molecule has 0 saturated carbocycles. The van der Waals surface area contributed by atoms with Crippen molar-refractivity contribution in [2.45, 2.75) is 0 Å². The van der Waals surface area contributed by atoms with E-state index in [9.17, 15) is 19.7 Å². The Bertz CT molecular complexity index is 495.